The molecule has 0 radical (unpaired) electrons. The Hall–Kier alpha value is -0.880. The third-order valence-electron chi connectivity index (χ3n) is 3.39. The summed E-state index contributed by atoms with van der Waals surface area (Å²) < 4.78 is 61.6. The maximum absolute atomic E-state index is 12.8. The largest absolute Gasteiger partial charge is 0.463 e. The van der Waals surface area contributed by atoms with Crippen LogP contribution in [0, 0.1) is 5.92 Å². The first-order chi connectivity index (χ1) is 8.20. The summed E-state index contributed by atoms with van der Waals surface area (Å²) in [7, 11) is 0. The maximum Gasteiger partial charge on any atom is 0.463 e. The molecule has 0 aromatic carbocycles. The van der Waals surface area contributed by atoms with Crippen LogP contribution in [0.1, 0.15) is 39.0 Å². The van der Waals surface area contributed by atoms with E-state index < -0.39 is 24.0 Å². The lowest BCUT2D eigenvalue weighted by Crippen LogP contribution is -2.54. The molecule has 18 heavy (non-hydrogen) atoms. The van der Waals surface area contributed by atoms with Crippen molar-refractivity contribution >= 4 is 5.91 Å². The van der Waals surface area contributed by atoms with Gasteiger partial charge in [-0.15, -0.1) is 0 Å². The standard InChI is InChI=1S/C11H16F5NO/c1-2-7-5-3-4-6-8(7)17-9(18)10(12,13)11(14,15)16/h7-8H,2-6H2,1H3,(H,17,18). The fourth-order valence-corrected chi connectivity index (χ4v) is 2.27. The molecule has 1 saturated carbocycles. The van der Waals surface area contributed by atoms with Crippen molar-refractivity contribution in [1.82, 2.24) is 5.32 Å². The van der Waals surface area contributed by atoms with E-state index in [0.29, 0.717) is 12.8 Å². The van der Waals surface area contributed by atoms with Crippen LogP contribution in [-0.2, 0) is 4.79 Å². The SMILES string of the molecule is CCC1CCCCC1NC(=O)C(F)(F)C(F)(F)F. The van der Waals surface area contributed by atoms with Crippen molar-refractivity contribution in [1.29, 1.82) is 0 Å². The van der Waals surface area contributed by atoms with Gasteiger partial charge in [-0.1, -0.05) is 26.2 Å². The molecular formula is C11H16F5NO. The summed E-state index contributed by atoms with van der Waals surface area (Å²) >= 11 is 0. The van der Waals surface area contributed by atoms with Crippen molar-refractivity contribution in [2.45, 2.75) is 57.2 Å². The van der Waals surface area contributed by atoms with E-state index in [9.17, 15) is 26.7 Å². The maximum atomic E-state index is 12.8. The lowest BCUT2D eigenvalue weighted by Gasteiger charge is -2.32. The minimum absolute atomic E-state index is 0.0215. The van der Waals surface area contributed by atoms with Crippen molar-refractivity contribution in [2.75, 3.05) is 0 Å². The van der Waals surface area contributed by atoms with Gasteiger partial charge < -0.3 is 5.32 Å². The zero-order chi connectivity index (χ0) is 14.0. The second-order valence-electron chi connectivity index (χ2n) is 4.60. The lowest BCUT2D eigenvalue weighted by atomic mass is 9.83. The average Bonchev–Trinajstić information content (AvgIpc) is 2.28. The Morgan fingerprint density at radius 1 is 1.17 bits per heavy atom. The molecule has 0 aliphatic heterocycles. The number of halogens is 5. The third kappa shape index (κ3) is 3.11. The fourth-order valence-electron chi connectivity index (χ4n) is 2.27. The Morgan fingerprint density at radius 3 is 2.22 bits per heavy atom. The van der Waals surface area contributed by atoms with E-state index in [1.54, 1.807) is 0 Å². The number of amides is 1. The predicted molar refractivity (Wildman–Crippen MR) is 55.2 cm³/mol. The van der Waals surface area contributed by atoms with Crippen LogP contribution in [0.15, 0.2) is 0 Å². The first-order valence-corrected chi connectivity index (χ1v) is 5.95. The summed E-state index contributed by atoms with van der Waals surface area (Å²) in [4.78, 5) is 11.1. The monoisotopic (exact) mass is 273 g/mol. The van der Waals surface area contributed by atoms with Crippen LogP contribution in [0.4, 0.5) is 22.0 Å². The fraction of sp³-hybridized carbons (Fsp3) is 0.909. The number of nitrogens with one attached hydrogen (secondary N) is 1. The van der Waals surface area contributed by atoms with Gasteiger partial charge >= 0.3 is 18.0 Å². The predicted octanol–water partition coefficient (Wildman–Crippen LogP) is 3.27. The van der Waals surface area contributed by atoms with Gasteiger partial charge in [0.1, 0.15) is 0 Å². The molecule has 0 heterocycles. The van der Waals surface area contributed by atoms with Crippen LogP contribution in [0.25, 0.3) is 0 Å². The van der Waals surface area contributed by atoms with Gasteiger partial charge in [-0.25, -0.2) is 0 Å². The van der Waals surface area contributed by atoms with E-state index in [0.717, 1.165) is 19.3 Å². The van der Waals surface area contributed by atoms with Crippen LogP contribution in [0.5, 0.6) is 0 Å². The van der Waals surface area contributed by atoms with E-state index in [4.69, 9.17) is 0 Å². The molecule has 1 fully saturated rings. The number of carbonyl (C=O) groups excluding carboxylic acids is 1. The Kier molecular flexibility index (Phi) is 4.55. The number of hydrogen-bond donors (Lipinski definition) is 1. The first-order valence-electron chi connectivity index (χ1n) is 5.95. The molecule has 1 aliphatic rings. The summed E-state index contributed by atoms with van der Waals surface area (Å²) in [6, 6.07) is -0.579. The molecular weight excluding hydrogens is 257 g/mol. The zero-order valence-electron chi connectivity index (χ0n) is 9.99. The molecule has 1 rings (SSSR count). The van der Waals surface area contributed by atoms with Crippen molar-refractivity contribution in [3.63, 3.8) is 0 Å². The highest BCUT2D eigenvalue weighted by Gasteiger charge is 2.63. The van der Waals surface area contributed by atoms with E-state index in [1.165, 1.54) is 0 Å². The second kappa shape index (κ2) is 5.40. The number of rotatable bonds is 3. The van der Waals surface area contributed by atoms with Gasteiger partial charge in [-0.05, 0) is 18.8 Å². The molecule has 2 unspecified atom stereocenters. The second-order valence-corrected chi connectivity index (χ2v) is 4.60. The highest BCUT2D eigenvalue weighted by molar-refractivity contribution is 5.84. The molecule has 0 bridgehead atoms. The molecule has 2 atom stereocenters. The summed E-state index contributed by atoms with van der Waals surface area (Å²) in [5.74, 6) is -7.57. The molecule has 2 nitrogen and oxygen atoms in total. The zero-order valence-corrected chi connectivity index (χ0v) is 9.99. The minimum Gasteiger partial charge on any atom is -0.348 e. The van der Waals surface area contributed by atoms with Gasteiger partial charge in [0.05, 0.1) is 0 Å². The van der Waals surface area contributed by atoms with Crippen LogP contribution >= 0.6 is 0 Å². The third-order valence-corrected chi connectivity index (χ3v) is 3.39. The molecule has 0 aromatic rings. The summed E-state index contributed by atoms with van der Waals surface area (Å²) in [5.41, 5.74) is 0. The summed E-state index contributed by atoms with van der Waals surface area (Å²) in [6.45, 7) is 1.83. The molecule has 1 N–H and O–H groups in total. The van der Waals surface area contributed by atoms with Crippen molar-refractivity contribution in [3.8, 4) is 0 Å². The Balaban J connectivity index is 2.69. The van der Waals surface area contributed by atoms with Gasteiger partial charge in [-0.2, -0.15) is 22.0 Å². The molecule has 0 aromatic heterocycles. The van der Waals surface area contributed by atoms with Crippen LogP contribution in [0.2, 0.25) is 0 Å². The Bertz CT molecular complexity index is 302. The highest BCUT2D eigenvalue weighted by atomic mass is 19.4. The van der Waals surface area contributed by atoms with Crippen molar-refractivity contribution in [2.24, 2.45) is 5.92 Å². The van der Waals surface area contributed by atoms with Gasteiger partial charge in [0.15, 0.2) is 0 Å². The number of hydrogen-bond acceptors (Lipinski definition) is 1. The summed E-state index contributed by atoms with van der Waals surface area (Å²) in [5, 5.41) is 1.86. The molecule has 0 saturated heterocycles. The summed E-state index contributed by atoms with van der Waals surface area (Å²) in [6.07, 6.45) is -2.33. The number of alkyl halides is 5. The van der Waals surface area contributed by atoms with Crippen LogP contribution in [-0.4, -0.2) is 24.0 Å². The average molecular weight is 273 g/mol. The van der Waals surface area contributed by atoms with Gasteiger partial charge in [-0.3, -0.25) is 4.79 Å². The van der Waals surface area contributed by atoms with Gasteiger partial charge in [0.25, 0.3) is 0 Å². The lowest BCUT2D eigenvalue weighted by molar-refractivity contribution is -0.270. The topological polar surface area (TPSA) is 29.1 Å². The quantitative estimate of drug-likeness (QED) is 0.786. The normalized spacial score (nSPS) is 25.9. The molecule has 1 amide bonds. The van der Waals surface area contributed by atoms with Crippen molar-refractivity contribution in [3.05, 3.63) is 0 Å². The molecule has 106 valence electrons. The van der Waals surface area contributed by atoms with Gasteiger partial charge in [0.2, 0.25) is 0 Å². The first kappa shape index (κ1) is 15.2. The van der Waals surface area contributed by atoms with E-state index in [1.807, 2.05) is 12.2 Å². The van der Waals surface area contributed by atoms with E-state index in [-0.39, 0.29) is 5.92 Å². The molecule has 0 spiro atoms. The Morgan fingerprint density at radius 2 is 1.72 bits per heavy atom. The van der Waals surface area contributed by atoms with Crippen LogP contribution < -0.4 is 5.32 Å². The molecule has 7 heteroatoms. The van der Waals surface area contributed by atoms with Crippen LogP contribution in [0.3, 0.4) is 0 Å². The highest BCUT2D eigenvalue weighted by Crippen LogP contribution is 2.36. The smallest absolute Gasteiger partial charge is 0.348 e. The van der Waals surface area contributed by atoms with E-state index in [2.05, 4.69) is 0 Å². The number of carbonyl (C=O) groups is 1. The van der Waals surface area contributed by atoms with Gasteiger partial charge in [0, 0.05) is 6.04 Å². The van der Waals surface area contributed by atoms with E-state index >= 15 is 0 Å². The Labute approximate surface area is 102 Å². The molecule has 1 aliphatic carbocycles. The minimum atomic E-state index is -5.84. The van der Waals surface area contributed by atoms with Crippen molar-refractivity contribution < 1.29 is 26.7 Å².